The molecule has 19 heavy (non-hydrogen) atoms. The van der Waals surface area contributed by atoms with Crippen molar-refractivity contribution in [1.29, 1.82) is 0 Å². The number of hydrogen-bond donors (Lipinski definition) is 0. The summed E-state index contributed by atoms with van der Waals surface area (Å²) >= 11 is 15.9. The van der Waals surface area contributed by atoms with Crippen molar-refractivity contribution in [2.75, 3.05) is 0 Å². The summed E-state index contributed by atoms with van der Waals surface area (Å²) in [5.74, 6) is 1.44. The minimum absolute atomic E-state index is 0.536. The highest BCUT2D eigenvalue weighted by Gasteiger charge is 2.09. The lowest BCUT2D eigenvalue weighted by molar-refractivity contribution is 0.927. The van der Waals surface area contributed by atoms with Crippen molar-refractivity contribution in [3.8, 4) is 0 Å². The Morgan fingerprint density at radius 1 is 1.26 bits per heavy atom. The van der Waals surface area contributed by atoms with E-state index in [9.17, 15) is 0 Å². The lowest BCUT2D eigenvalue weighted by Gasteiger charge is -2.06. The van der Waals surface area contributed by atoms with Crippen molar-refractivity contribution in [3.63, 3.8) is 0 Å². The van der Waals surface area contributed by atoms with Crippen LogP contribution in [0.4, 0.5) is 0 Å². The van der Waals surface area contributed by atoms with Crippen LogP contribution in [0.5, 0.6) is 0 Å². The zero-order valence-corrected chi connectivity index (χ0v) is 14.6. The predicted octanol–water partition coefficient (Wildman–Crippen LogP) is 5.24. The van der Waals surface area contributed by atoms with Crippen LogP contribution in [0, 0.1) is 3.57 Å². The molecule has 1 aromatic carbocycles. The number of hydrogen-bond acceptors (Lipinski definition) is 3. The fourth-order valence-electron chi connectivity index (χ4n) is 1.51. The first kappa shape index (κ1) is 15.4. The molecule has 0 fully saturated rings. The summed E-state index contributed by atoms with van der Waals surface area (Å²) in [5.41, 5.74) is 1.00. The Morgan fingerprint density at radius 3 is 2.74 bits per heavy atom. The highest BCUT2D eigenvalue weighted by atomic mass is 127. The number of halogens is 3. The fraction of sp³-hybridized carbons (Fsp3) is 0.231. The number of nitrogens with zero attached hydrogens (tertiary/aromatic N) is 2. The standard InChI is InChI=1S/C13H11Cl2IN2S/c1-2-10-12(16)13(15)18-11(17-10)7-19-9-5-3-4-8(14)6-9/h3-6H,2,7H2,1H3. The number of thioether (sulfide) groups is 1. The summed E-state index contributed by atoms with van der Waals surface area (Å²) in [6.45, 7) is 2.06. The van der Waals surface area contributed by atoms with E-state index >= 15 is 0 Å². The van der Waals surface area contributed by atoms with Crippen LogP contribution in [0.25, 0.3) is 0 Å². The monoisotopic (exact) mass is 424 g/mol. The molecule has 0 aliphatic heterocycles. The molecule has 2 aromatic rings. The maximum Gasteiger partial charge on any atom is 0.146 e. The van der Waals surface area contributed by atoms with E-state index in [1.54, 1.807) is 11.8 Å². The van der Waals surface area contributed by atoms with E-state index in [0.717, 1.165) is 31.4 Å². The van der Waals surface area contributed by atoms with E-state index < -0.39 is 0 Å². The van der Waals surface area contributed by atoms with E-state index in [0.29, 0.717) is 10.9 Å². The van der Waals surface area contributed by atoms with Crippen LogP contribution in [0.3, 0.4) is 0 Å². The van der Waals surface area contributed by atoms with Gasteiger partial charge in [-0.2, -0.15) is 0 Å². The minimum Gasteiger partial charge on any atom is -0.236 e. The molecule has 0 saturated carbocycles. The molecule has 0 radical (unpaired) electrons. The topological polar surface area (TPSA) is 25.8 Å². The second-order valence-corrected chi connectivity index (χ2v) is 6.71. The van der Waals surface area contributed by atoms with Gasteiger partial charge in [0.15, 0.2) is 0 Å². The van der Waals surface area contributed by atoms with Gasteiger partial charge < -0.3 is 0 Å². The van der Waals surface area contributed by atoms with Crippen LogP contribution in [-0.4, -0.2) is 9.97 Å². The quantitative estimate of drug-likeness (QED) is 0.381. The summed E-state index contributed by atoms with van der Waals surface area (Å²) < 4.78 is 0.943. The van der Waals surface area contributed by atoms with Gasteiger partial charge in [-0.05, 0) is 47.2 Å². The number of benzene rings is 1. The maximum absolute atomic E-state index is 6.12. The van der Waals surface area contributed by atoms with Crippen LogP contribution in [0.2, 0.25) is 10.2 Å². The molecule has 2 rings (SSSR count). The van der Waals surface area contributed by atoms with Gasteiger partial charge in [0.25, 0.3) is 0 Å². The smallest absolute Gasteiger partial charge is 0.146 e. The Kier molecular flexibility index (Phi) is 5.74. The van der Waals surface area contributed by atoms with Crippen molar-refractivity contribution >= 4 is 57.6 Å². The first-order chi connectivity index (χ1) is 9.10. The van der Waals surface area contributed by atoms with Gasteiger partial charge in [-0.25, -0.2) is 9.97 Å². The summed E-state index contributed by atoms with van der Waals surface area (Å²) in [5, 5.41) is 1.27. The summed E-state index contributed by atoms with van der Waals surface area (Å²) in [6, 6.07) is 7.75. The molecule has 2 nitrogen and oxygen atoms in total. The van der Waals surface area contributed by atoms with Gasteiger partial charge >= 0.3 is 0 Å². The zero-order chi connectivity index (χ0) is 13.8. The zero-order valence-electron chi connectivity index (χ0n) is 10.2. The van der Waals surface area contributed by atoms with Crippen LogP contribution in [-0.2, 0) is 12.2 Å². The lowest BCUT2D eigenvalue weighted by Crippen LogP contribution is -2.01. The van der Waals surface area contributed by atoms with Gasteiger partial charge in [-0.1, -0.05) is 36.2 Å². The van der Waals surface area contributed by atoms with Crippen molar-refractivity contribution < 1.29 is 0 Å². The largest absolute Gasteiger partial charge is 0.236 e. The molecule has 0 atom stereocenters. The van der Waals surface area contributed by atoms with E-state index in [-0.39, 0.29) is 0 Å². The molecule has 0 amide bonds. The fourth-order valence-corrected chi connectivity index (χ4v) is 3.41. The number of rotatable bonds is 4. The SMILES string of the molecule is CCc1nc(CSc2cccc(Cl)c2)nc(Cl)c1I. The Balaban J connectivity index is 2.13. The summed E-state index contributed by atoms with van der Waals surface area (Å²) in [7, 11) is 0. The van der Waals surface area contributed by atoms with E-state index in [4.69, 9.17) is 23.2 Å². The normalized spacial score (nSPS) is 10.7. The Labute approximate surface area is 140 Å². The van der Waals surface area contributed by atoms with Crippen LogP contribution in [0.1, 0.15) is 18.4 Å². The van der Waals surface area contributed by atoms with Gasteiger partial charge in [-0.15, -0.1) is 11.8 Å². The van der Waals surface area contributed by atoms with E-state index in [2.05, 4.69) is 39.5 Å². The van der Waals surface area contributed by atoms with Gasteiger partial charge in [0.1, 0.15) is 11.0 Å². The second-order valence-electron chi connectivity index (χ2n) is 3.79. The Hall–Kier alpha value is -0.0400. The molecule has 0 aliphatic rings. The molecule has 1 heterocycles. The molecule has 0 saturated heterocycles. The van der Waals surface area contributed by atoms with Gasteiger partial charge in [-0.3, -0.25) is 0 Å². The highest BCUT2D eigenvalue weighted by molar-refractivity contribution is 14.1. The average Bonchev–Trinajstić information content (AvgIpc) is 2.40. The highest BCUT2D eigenvalue weighted by Crippen LogP contribution is 2.26. The molecule has 0 unspecified atom stereocenters. The molecular formula is C13H11Cl2IN2S. The van der Waals surface area contributed by atoms with Gasteiger partial charge in [0.05, 0.1) is 15.0 Å². The minimum atomic E-state index is 0.536. The van der Waals surface area contributed by atoms with Crippen LogP contribution >= 0.6 is 57.6 Å². The molecule has 100 valence electrons. The number of aryl methyl sites for hydroxylation is 1. The second kappa shape index (κ2) is 7.11. The number of aromatic nitrogens is 2. The third-order valence-corrected chi connectivity index (χ3v) is 5.38. The average molecular weight is 425 g/mol. The lowest BCUT2D eigenvalue weighted by atomic mass is 10.3. The van der Waals surface area contributed by atoms with Crippen molar-refractivity contribution in [2.24, 2.45) is 0 Å². The molecule has 0 aliphatic carbocycles. The molecular weight excluding hydrogens is 414 g/mol. The maximum atomic E-state index is 6.12. The van der Waals surface area contributed by atoms with E-state index in [1.165, 1.54) is 0 Å². The predicted molar refractivity (Wildman–Crippen MR) is 90.2 cm³/mol. The van der Waals surface area contributed by atoms with Crippen molar-refractivity contribution in [2.45, 2.75) is 24.0 Å². The molecule has 0 spiro atoms. The summed E-state index contributed by atoms with van der Waals surface area (Å²) in [4.78, 5) is 9.94. The van der Waals surface area contributed by atoms with Crippen LogP contribution in [0.15, 0.2) is 29.2 Å². The van der Waals surface area contributed by atoms with Gasteiger partial charge in [0, 0.05) is 9.92 Å². The third-order valence-electron chi connectivity index (χ3n) is 2.42. The first-order valence-corrected chi connectivity index (χ1v) is 8.51. The van der Waals surface area contributed by atoms with Crippen molar-refractivity contribution in [3.05, 3.63) is 49.5 Å². The molecule has 6 heteroatoms. The molecule has 0 N–H and O–H groups in total. The summed E-state index contributed by atoms with van der Waals surface area (Å²) in [6.07, 6.45) is 0.856. The van der Waals surface area contributed by atoms with Crippen molar-refractivity contribution in [1.82, 2.24) is 9.97 Å². The van der Waals surface area contributed by atoms with Crippen LogP contribution < -0.4 is 0 Å². The third kappa shape index (κ3) is 4.21. The molecule has 1 aromatic heterocycles. The van der Waals surface area contributed by atoms with Gasteiger partial charge in [0.2, 0.25) is 0 Å². The molecule has 0 bridgehead atoms. The first-order valence-electron chi connectivity index (χ1n) is 5.69. The Morgan fingerprint density at radius 2 is 2.05 bits per heavy atom. The van der Waals surface area contributed by atoms with E-state index in [1.807, 2.05) is 24.3 Å². The Bertz CT molecular complexity index is 593.